The number of piperidine rings is 1. The molecule has 12 heteroatoms. The molecule has 3 N–H and O–H groups in total. The lowest BCUT2D eigenvalue weighted by molar-refractivity contribution is -0.135. The molecule has 1 aliphatic heterocycles. The van der Waals surface area contributed by atoms with Gasteiger partial charge >= 0.3 is 0 Å². The number of methoxy groups -OCH3 is 1. The van der Waals surface area contributed by atoms with Crippen molar-refractivity contribution in [2.24, 2.45) is 28.2 Å². The van der Waals surface area contributed by atoms with Gasteiger partial charge in [0.05, 0.1) is 24.7 Å². The number of fused-ring (bicyclic) bond motifs is 1. The van der Waals surface area contributed by atoms with E-state index in [0.717, 1.165) is 45.3 Å². The summed E-state index contributed by atoms with van der Waals surface area (Å²) < 4.78 is 12.9. The van der Waals surface area contributed by atoms with E-state index in [-0.39, 0.29) is 34.7 Å². The number of nitrogens with two attached hydrogens (primary N) is 1. The zero-order valence-corrected chi connectivity index (χ0v) is 21.7. The average Bonchev–Trinajstić information content (AvgIpc) is 2.89. The van der Waals surface area contributed by atoms with Gasteiger partial charge in [0.25, 0.3) is 11.5 Å². The van der Waals surface area contributed by atoms with Crippen molar-refractivity contribution in [1.29, 1.82) is 0 Å². The maximum Gasteiger partial charge on any atom is 0.262 e. The van der Waals surface area contributed by atoms with Crippen molar-refractivity contribution in [1.82, 2.24) is 14.5 Å². The minimum absolute atomic E-state index is 0.00596. The number of ketones is 1. The first kappa shape index (κ1) is 27.1. The molecule has 1 amide bonds. The number of carbonyl (C=O) groups excluding carboxylic acids is 2. The number of hydrogen-bond acceptors (Lipinski definition) is 10. The molecule has 202 valence electrons. The summed E-state index contributed by atoms with van der Waals surface area (Å²) in [6.07, 6.45) is 6.03. The predicted octanol–water partition coefficient (Wildman–Crippen LogP) is 1.28. The molecule has 2 heterocycles. The Morgan fingerprint density at radius 1 is 1.29 bits per heavy atom. The summed E-state index contributed by atoms with van der Waals surface area (Å²) in [5.41, 5.74) is 5.60. The van der Waals surface area contributed by atoms with Crippen molar-refractivity contribution in [3.8, 4) is 11.5 Å². The summed E-state index contributed by atoms with van der Waals surface area (Å²) in [5.74, 6) is 0.549. The number of amides is 1. The van der Waals surface area contributed by atoms with Crippen LogP contribution in [-0.4, -0.2) is 79.1 Å². The number of aromatic nitrogens is 2. The molecule has 1 aliphatic carbocycles. The molecule has 1 aromatic heterocycles. The van der Waals surface area contributed by atoms with Crippen LogP contribution < -0.4 is 26.1 Å². The van der Waals surface area contributed by atoms with Crippen LogP contribution >= 0.6 is 0 Å². The standard InChI is InChI=1S/C26H33N7O5/c1-28-14-17(15-29-16-27)23(35)31-25-30-21-19(24(36)32(25)2)4-5-20(22(21)37-3)38-11-10-33-8-6-26(7-9-33)12-18(34)13-26/h4-5,14-15H,1,6-13,16,27H2,2-3H3,(H,30,31,35)/b17-14+,29-15?. The highest BCUT2D eigenvalue weighted by atomic mass is 16.5. The van der Waals surface area contributed by atoms with Gasteiger partial charge in [0.1, 0.15) is 17.9 Å². The molecule has 2 aromatic rings. The first-order valence-electron chi connectivity index (χ1n) is 12.4. The molecule has 1 saturated heterocycles. The minimum atomic E-state index is -0.586. The van der Waals surface area contributed by atoms with E-state index in [2.05, 4.69) is 31.9 Å². The summed E-state index contributed by atoms with van der Waals surface area (Å²) >= 11 is 0. The zero-order chi connectivity index (χ0) is 27.3. The van der Waals surface area contributed by atoms with Gasteiger partial charge in [-0.3, -0.25) is 39.2 Å². The summed E-state index contributed by atoms with van der Waals surface area (Å²) in [4.78, 5) is 51.6. The molecular formula is C26H33N7O5. The van der Waals surface area contributed by atoms with Gasteiger partial charge in [0, 0.05) is 38.8 Å². The third-order valence-corrected chi connectivity index (χ3v) is 7.15. The molecule has 2 aliphatic rings. The van der Waals surface area contributed by atoms with Crippen LogP contribution in [0.3, 0.4) is 0 Å². The number of likely N-dealkylation sites (tertiary alicyclic amines) is 1. The van der Waals surface area contributed by atoms with E-state index in [1.807, 2.05) is 0 Å². The fraction of sp³-hybridized carbons (Fsp3) is 0.462. The maximum atomic E-state index is 13.1. The molecule has 1 spiro atoms. The SMILES string of the molecule is C=N/C=C(\C=NCN)C(=O)Nc1nc2c(OC)c(OCCN3CCC4(CC3)CC(=O)C4)ccc2c(=O)n1C. The number of hydrogen-bond donors (Lipinski definition) is 2. The van der Waals surface area contributed by atoms with E-state index in [1.165, 1.54) is 31.1 Å². The highest BCUT2D eigenvalue weighted by Crippen LogP contribution is 2.46. The second kappa shape index (κ2) is 11.7. The van der Waals surface area contributed by atoms with Crippen LogP contribution in [-0.2, 0) is 16.6 Å². The lowest BCUT2D eigenvalue weighted by Crippen LogP contribution is -2.48. The molecule has 1 saturated carbocycles. The first-order valence-corrected chi connectivity index (χ1v) is 12.4. The van der Waals surface area contributed by atoms with Crippen molar-refractivity contribution in [2.75, 3.05) is 45.3 Å². The fourth-order valence-electron chi connectivity index (χ4n) is 4.96. The van der Waals surface area contributed by atoms with Crippen LogP contribution in [0.25, 0.3) is 10.9 Å². The van der Waals surface area contributed by atoms with Gasteiger partial charge in [-0.15, -0.1) is 0 Å². The lowest BCUT2D eigenvalue weighted by atomic mass is 9.62. The predicted molar refractivity (Wildman–Crippen MR) is 145 cm³/mol. The third kappa shape index (κ3) is 5.65. The number of nitrogens with one attached hydrogen (secondary N) is 1. The second-order valence-corrected chi connectivity index (χ2v) is 9.59. The highest BCUT2D eigenvalue weighted by Gasteiger charge is 2.44. The Hall–Kier alpha value is -3.90. The van der Waals surface area contributed by atoms with Crippen LogP contribution in [0.1, 0.15) is 25.7 Å². The molecule has 4 rings (SSSR count). The Balaban J connectivity index is 1.50. The summed E-state index contributed by atoms with van der Waals surface area (Å²) in [6.45, 7) is 6.39. The highest BCUT2D eigenvalue weighted by molar-refractivity contribution is 6.17. The molecule has 2 fully saturated rings. The molecule has 38 heavy (non-hydrogen) atoms. The smallest absolute Gasteiger partial charge is 0.262 e. The summed E-state index contributed by atoms with van der Waals surface area (Å²) in [6, 6.07) is 3.32. The summed E-state index contributed by atoms with van der Waals surface area (Å²) in [7, 11) is 2.98. The second-order valence-electron chi connectivity index (χ2n) is 9.59. The van der Waals surface area contributed by atoms with E-state index >= 15 is 0 Å². The van der Waals surface area contributed by atoms with Crippen LogP contribution in [0, 0.1) is 5.41 Å². The fourth-order valence-corrected chi connectivity index (χ4v) is 4.96. The largest absolute Gasteiger partial charge is 0.491 e. The van der Waals surface area contributed by atoms with Crippen molar-refractivity contribution in [3.05, 3.63) is 34.3 Å². The maximum absolute atomic E-state index is 13.1. The molecule has 12 nitrogen and oxygen atoms in total. The number of benzene rings is 1. The number of Topliss-reactive ketones (excluding diaryl/α,β-unsaturated/α-hetero) is 1. The normalized spacial score (nSPS) is 17.6. The lowest BCUT2D eigenvalue weighted by Gasteiger charge is -2.46. The molecular weight excluding hydrogens is 490 g/mol. The Kier molecular flexibility index (Phi) is 8.32. The number of rotatable bonds is 10. The number of anilines is 1. The molecule has 0 atom stereocenters. The minimum Gasteiger partial charge on any atom is -0.491 e. The number of nitrogens with zero attached hydrogens (tertiary/aromatic N) is 5. The van der Waals surface area contributed by atoms with Crippen LogP contribution in [0.4, 0.5) is 5.95 Å². The Morgan fingerprint density at radius 2 is 2.03 bits per heavy atom. The quantitative estimate of drug-likeness (QED) is 0.349. The van der Waals surface area contributed by atoms with E-state index in [1.54, 1.807) is 12.1 Å². The van der Waals surface area contributed by atoms with E-state index in [4.69, 9.17) is 15.2 Å². The Morgan fingerprint density at radius 3 is 2.66 bits per heavy atom. The van der Waals surface area contributed by atoms with Gasteiger partial charge in [0.15, 0.2) is 11.5 Å². The van der Waals surface area contributed by atoms with E-state index in [0.29, 0.717) is 29.3 Å². The van der Waals surface area contributed by atoms with Crippen molar-refractivity contribution in [3.63, 3.8) is 0 Å². The van der Waals surface area contributed by atoms with Gasteiger partial charge in [0.2, 0.25) is 5.95 Å². The number of ether oxygens (including phenoxy) is 2. The number of aliphatic imine (C=N–C) groups is 2. The molecule has 0 radical (unpaired) electrons. The van der Waals surface area contributed by atoms with Gasteiger partial charge < -0.3 is 15.2 Å². The average molecular weight is 524 g/mol. The number of carbonyl (C=O) groups is 2. The van der Waals surface area contributed by atoms with E-state index in [9.17, 15) is 14.4 Å². The van der Waals surface area contributed by atoms with Crippen LogP contribution in [0.2, 0.25) is 0 Å². The Labute approximate surface area is 220 Å². The van der Waals surface area contributed by atoms with Crippen molar-refractivity contribution < 1.29 is 19.1 Å². The van der Waals surface area contributed by atoms with Gasteiger partial charge in [-0.25, -0.2) is 4.98 Å². The van der Waals surface area contributed by atoms with Gasteiger partial charge in [-0.2, -0.15) is 0 Å². The van der Waals surface area contributed by atoms with E-state index < -0.39 is 5.91 Å². The van der Waals surface area contributed by atoms with Crippen LogP contribution in [0.15, 0.2) is 38.7 Å². The van der Waals surface area contributed by atoms with Crippen molar-refractivity contribution >= 4 is 41.5 Å². The topological polar surface area (TPSA) is 154 Å². The zero-order valence-electron chi connectivity index (χ0n) is 21.7. The molecule has 0 unspecified atom stereocenters. The van der Waals surface area contributed by atoms with Gasteiger partial charge in [-0.1, -0.05) is 0 Å². The van der Waals surface area contributed by atoms with Crippen LogP contribution in [0.5, 0.6) is 11.5 Å². The Bertz CT molecular complexity index is 1350. The van der Waals surface area contributed by atoms with Crippen molar-refractivity contribution in [2.45, 2.75) is 25.7 Å². The molecule has 1 aromatic carbocycles. The van der Waals surface area contributed by atoms with Gasteiger partial charge in [-0.05, 0) is 50.2 Å². The molecule has 0 bridgehead atoms. The summed E-state index contributed by atoms with van der Waals surface area (Å²) in [5, 5.41) is 2.93. The third-order valence-electron chi connectivity index (χ3n) is 7.15. The first-order chi connectivity index (χ1) is 18.3. The monoisotopic (exact) mass is 523 g/mol.